The van der Waals surface area contributed by atoms with E-state index >= 15 is 0 Å². The maximum Gasteiger partial charge on any atom is 0.497 e. The van der Waals surface area contributed by atoms with Gasteiger partial charge in [0.1, 0.15) is 0 Å². The molecule has 6 nitrogen and oxygen atoms in total. The number of hydrogen-bond acceptors (Lipinski definition) is 4. The van der Waals surface area contributed by atoms with Crippen molar-refractivity contribution in [2.45, 2.75) is 44.7 Å². The summed E-state index contributed by atoms with van der Waals surface area (Å²) < 4.78 is 53.4. The number of halogens is 3. The third-order valence-corrected chi connectivity index (χ3v) is 6.23. The topological polar surface area (TPSA) is 75.3 Å². The number of benzene rings is 1. The number of aromatic nitrogens is 2. The largest absolute Gasteiger partial charge is 0.497 e. The molecule has 1 aromatic carbocycles. The highest BCUT2D eigenvalue weighted by Gasteiger charge is 2.44. The van der Waals surface area contributed by atoms with Gasteiger partial charge in [-0.25, -0.2) is 4.21 Å². The number of rotatable bonds is 5. The number of pyridine rings is 1. The molecule has 2 unspecified atom stereocenters. The van der Waals surface area contributed by atoms with Gasteiger partial charge in [-0.3, -0.25) is 14.0 Å². The van der Waals surface area contributed by atoms with Crippen molar-refractivity contribution in [2.24, 2.45) is 0 Å². The van der Waals surface area contributed by atoms with E-state index < -0.39 is 28.6 Å². The third-order valence-electron chi connectivity index (χ3n) is 5.45. The number of hydrogen-bond donors (Lipinski definition) is 1. The van der Waals surface area contributed by atoms with Crippen LogP contribution in [0.25, 0.3) is 22.2 Å². The number of nitrogens with zero attached hydrogens (tertiary/aromatic N) is 2. The van der Waals surface area contributed by atoms with Crippen LogP contribution in [0.1, 0.15) is 37.4 Å². The van der Waals surface area contributed by atoms with Gasteiger partial charge >= 0.3 is 5.51 Å². The fourth-order valence-electron chi connectivity index (χ4n) is 4.06. The lowest BCUT2D eigenvalue weighted by Crippen LogP contribution is -2.33. The summed E-state index contributed by atoms with van der Waals surface area (Å²) in [4.78, 5) is 21.7. The molecule has 1 fully saturated rings. The van der Waals surface area contributed by atoms with Crippen LogP contribution in [-0.4, -0.2) is 38.2 Å². The van der Waals surface area contributed by atoms with Gasteiger partial charge in [0, 0.05) is 47.0 Å². The fraction of sp³-hybridized carbons (Fsp3) is 0.364. The highest BCUT2D eigenvalue weighted by atomic mass is 32.2. The summed E-state index contributed by atoms with van der Waals surface area (Å²) in [7, 11) is 0. The number of alkyl halides is 3. The van der Waals surface area contributed by atoms with Gasteiger partial charge in [-0.15, -0.1) is 0 Å². The first-order valence-electron chi connectivity index (χ1n) is 10.1. The second-order valence-electron chi connectivity index (χ2n) is 8.03. The molecule has 1 aliphatic heterocycles. The van der Waals surface area contributed by atoms with Crippen LogP contribution in [0, 0.1) is 6.92 Å². The Labute approximate surface area is 185 Å². The molecule has 0 radical (unpaired) electrons. The van der Waals surface area contributed by atoms with E-state index in [-0.39, 0.29) is 18.9 Å². The number of nitrogens with one attached hydrogen (secondary N) is 1. The first-order chi connectivity index (χ1) is 15.1. The molecule has 1 N–H and O–H groups in total. The Morgan fingerprint density at radius 2 is 2.00 bits per heavy atom. The zero-order chi connectivity index (χ0) is 23.2. The van der Waals surface area contributed by atoms with E-state index in [4.69, 9.17) is 0 Å². The summed E-state index contributed by atoms with van der Waals surface area (Å²) in [6, 6.07) is 9.37. The van der Waals surface area contributed by atoms with Gasteiger partial charge in [0.05, 0.1) is 5.69 Å². The summed E-state index contributed by atoms with van der Waals surface area (Å²) in [5.74, 6) is -0.462. The average molecular weight is 465 g/mol. The second-order valence-corrected chi connectivity index (χ2v) is 9.15. The number of carbonyl (C=O) groups excluding carboxylic acids is 1. The van der Waals surface area contributed by atoms with Gasteiger partial charge in [-0.05, 0) is 48.7 Å². The van der Waals surface area contributed by atoms with Crippen LogP contribution in [-0.2, 0) is 20.1 Å². The zero-order valence-corrected chi connectivity index (χ0v) is 18.5. The highest BCUT2D eigenvalue weighted by molar-refractivity contribution is 7.81. The predicted molar refractivity (Wildman–Crippen MR) is 116 cm³/mol. The molecule has 0 spiro atoms. The van der Waals surface area contributed by atoms with Gasteiger partial charge in [-0.1, -0.05) is 13.8 Å². The molecule has 1 saturated heterocycles. The van der Waals surface area contributed by atoms with Crippen molar-refractivity contribution >= 4 is 33.6 Å². The highest BCUT2D eigenvalue weighted by Crippen LogP contribution is 2.38. The lowest BCUT2D eigenvalue weighted by Gasteiger charge is -2.17. The third kappa shape index (κ3) is 4.16. The molecule has 1 aliphatic rings. The normalized spacial score (nSPS) is 18.2. The molecule has 0 saturated carbocycles. The molecular formula is C22H22F3N3O3S. The summed E-state index contributed by atoms with van der Waals surface area (Å²) in [6.07, 6.45) is 0.392. The number of aryl methyl sites for hydroxylation is 1. The second kappa shape index (κ2) is 8.32. The first kappa shape index (κ1) is 22.5. The Balaban J connectivity index is 1.69. The maximum absolute atomic E-state index is 12.7. The van der Waals surface area contributed by atoms with E-state index in [1.807, 2.05) is 31.2 Å². The molecule has 1 amide bonds. The van der Waals surface area contributed by atoms with E-state index in [1.165, 1.54) is 4.90 Å². The minimum Gasteiger partial charge on any atom is -0.354 e. The van der Waals surface area contributed by atoms with Gasteiger partial charge in [0.25, 0.3) is 17.0 Å². The Kier molecular flexibility index (Phi) is 5.85. The van der Waals surface area contributed by atoms with Crippen LogP contribution in [0.3, 0.4) is 0 Å². The van der Waals surface area contributed by atoms with E-state index in [1.54, 1.807) is 12.3 Å². The number of H-pyrrole nitrogens is 1. The van der Waals surface area contributed by atoms with Crippen molar-refractivity contribution in [3.05, 3.63) is 47.8 Å². The molecule has 170 valence electrons. The Morgan fingerprint density at radius 1 is 1.25 bits per heavy atom. The van der Waals surface area contributed by atoms with Crippen molar-refractivity contribution in [3.8, 4) is 11.3 Å². The lowest BCUT2D eigenvalue weighted by atomic mass is 9.96. The molecule has 0 bridgehead atoms. The molecule has 2 aromatic heterocycles. The molecule has 2 atom stereocenters. The van der Waals surface area contributed by atoms with Gasteiger partial charge < -0.3 is 9.88 Å². The van der Waals surface area contributed by atoms with Crippen LogP contribution < -0.4 is 4.90 Å². The van der Waals surface area contributed by atoms with Crippen LogP contribution in [0.15, 0.2) is 36.5 Å². The standard InChI is InChI=1S/C22H22F3N3O3S/c1-12(2)19-16-11-15(28-9-7-18(21(28)29)31-32(30)22(23,24)25)4-5-17(16)27-20(19)14-6-8-26-13(3)10-14/h4-6,8,10-12,18,27H,7,9H2,1-3H3. The van der Waals surface area contributed by atoms with Crippen molar-refractivity contribution in [3.63, 3.8) is 0 Å². The first-order valence-corrected chi connectivity index (χ1v) is 11.2. The number of carbonyl (C=O) groups is 1. The van der Waals surface area contributed by atoms with Gasteiger partial charge in [-0.2, -0.15) is 13.2 Å². The fourth-order valence-corrected chi connectivity index (χ4v) is 4.56. The molecule has 0 aliphatic carbocycles. The Bertz CT molecular complexity index is 1210. The monoisotopic (exact) mass is 465 g/mol. The minimum absolute atomic E-state index is 0.0322. The molecule has 32 heavy (non-hydrogen) atoms. The quantitative estimate of drug-likeness (QED) is 0.578. The number of aromatic amines is 1. The smallest absolute Gasteiger partial charge is 0.354 e. The minimum atomic E-state index is -5.02. The molecule has 10 heteroatoms. The van der Waals surface area contributed by atoms with Crippen molar-refractivity contribution in [1.82, 2.24) is 9.97 Å². The number of amides is 1. The van der Waals surface area contributed by atoms with Crippen LogP contribution in [0.5, 0.6) is 0 Å². The van der Waals surface area contributed by atoms with Crippen molar-refractivity contribution < 1.29 is 26.4 Å². The molecule has 4 rings (SSSR count). The van der Waals surface area contributed by atoms with Crippen LogP contribution >= 0.6 is 0 Å². The summed E-state index contributed by atoms with van der Waals surface area (Å²) in [5, 5.41) is 0.929. The van der Waals surface area contributed by atoms with Gasteiger partial charge in [0.2, 0.25) is 0 Å². The summed E-state index contributed by atoms with van der Waals surface area (Å²) in [5.41, 5.74) is 0.355. The summed E-state index contributed by atoms with van der Waals surface area (Å²) >= 11 is -3.53. The Hall–Kier alpha value is -2.72. The van der Waals surface area contributed by atoms with Crippen molar-refractivity contribution in [2.75, 3.05) is 11.4 Å². The van der Waals surface area contributed by atoms with Crippen LogP contribution in [0.4, 0.5) is 18.9 Å². The SMILES string of the molecule is Cc1cc(-c2[nH]c3ccc(N4CCC(OS(=O)C(F)(F)F)C4=O)cc3c2C(C)C)ccn1. The molecule has 3 aromatic rings. The number of fused-ring (bicyclic) bond motifs is 1. The number of anilines is 1. The van der Waals surface area contributed by atoms with E-state index in [9.17, 15) is 22.2 Å². The van der Waals surface area contributed by atoms with E-state index in [0.29, 0.717) is 5.69 Å². The average Bonchev–Trinajstić information content (AvgIpc) is 3.27. The zero-order valence-electron chi connectivity index (χ0n) is 17.7. The lowest BCUT2D eigenvalue weighted by molar-refractivity contribution is -0.123. The molecular weight excluding hydrogens is 443 g/mol. The van der Waals surface area contributed by atoms with E-state index in [2.05, 4.69) is 28.0 Å². The van der Waals surface area contributed by atoms with Gasteiger partial charge in [0.15, 0.2) is 6.10 Å². The van der Waals surface area contributed by atoms with Crippen molar-refractivity contribution in [1.29, 1.82) is 0 Å². The van der Waals surface area contributed by atoms with E-state index in [0.717, 1.165) is 33.4 Å². The van der Waals surface area contributed by atoms with Crippen LogP contribution in [0.2, 0.25) is 0 Å². The predicted octanol–water partition coefficient (Wildman–Crippen LogP) is 4.97. The Morgan fingerprint density at radius 3 is 2.66 bits per heavy atom. The molecule has 3 heterocycles. The summed E-state index contributed by atoms with van der Waals surface area (Å²) in [6.45, 7) is 6.25. The maximum atomic E-state index is 12.7.